The highest BCUT2D eigenvalue weighted by atomic mass is 35.5. The lowest BCUT2D eigenvalue weighted by molar-refractivity contribution is 0.550. The Morgan fingerprint density at radius 2 is 1.77 bits per heavy atom. The molecule has 0 saturated carbocycles. The van der Waals surface area contributed by atoms with Crippen molar-refractivity contribution in [2.24, 2.45) is 5.73 Å². The minimum absolute atomic E-state index is 0.320. The van der Waals surface area contributed by atoms with E-state index in [4.69, 9.17) is 17.3 Å². The molecule has 0 saturated heterocycles. The van der Waals surface area contributed by atoms with Crippen LogP contribution in [-0.4, -0.2) is 0 Å². The van der Waals surface area contributed by atoms with Crippen molar-refractivity contribution in [2.45, 2.75) is 33.2 Å². The molecule has 1 aromatic rings. The first kappa shape index (κ1) is 10.6. The zero-order valence-electron chi connectivity index (χ0n) is 8.61. The van der Waals surface area contributed by atoms with Gasteiger partial charge in [0.25, 0.3) is 0 Å². The van der Waals surface area contributed by atoms with Gasteiger partial charge in [-0.1, -0.05) is 11.6 Å². The van der Waals surface area contributed by atoms with Gasteiger partial charge in [0.15, 0.2) is 0 Å². The molecule has 1 rings (SSSR count). The van der Waals surface area contributed by atoms with Crippen LogP contribution in [0.5, 0.6) is 0 Å². The van der Waals surface area contributed by atoms with Crippen LogP contribution in [0.2, 0.25) is 5.02 Å². The van der Waals surface area contributed by atoms with E-state index >= 15 is 0 Å². The maximum Gasteiger partial charge on any atom is 0.0412 e. The Kier molecular flexibility index (Phi) is 2.69. The summed E-state index contributed by atoms with van der Waals surface area (Å²) >= 11 is 5.97. The number of hydrogen-bond acceptors (Lipinski definition) is 1. The van der Waals surface area contributed by atoms with Crippen molar-refractivity contribution in [3.05, 3.63) is 33.8 Å². The Hall–Kier alpha value is -0.530. The molecule has 0 radical (unpaired) electrons. The molecule has 0 amide bonds. The van der Waals surface area contributed by atoms with Crippen LogP contribution >= 0.6 is 11.6 Å². The van der Waals surface area contributed by atoms with E-state index < -0.39 is 0 Å². The van der Waals surface area contributed by atoms with Crippen LogP contribution in [0.15, 0.2) is 12.1 Å². The van der Waals surface area contributed by atoms with Gasteiger partial charge >= 0.3 is 0 Å². The molecule has 0 unspecified atom stereocenters. The number of hydrogen-bond donors (Lipinski definition) is 1. The molecular formula is C11H16ClN. The molecule has 0 aliphatic carbocycles. The molecule has 2 heteroatoms. The first-order valence-electron chi connectivity index (χ1n) is 4.38. The monoisotopic (exact) mass is 197 g/mol. The summed E-state index contributed by atoms with van der Waals surface area (Å²) in [4.78, 5) is 0. The molecule has 0 spiro atoms. The van der Waals surface area contributed by atoms with Crippen molar-refractivity contribution in [2.75, 3.05) is 0 Å². The molecule has 1 nitrogen and oxygen atoms in total. The molecule has 0 heterocycles. The molecule has 0 atom stereocenters. The maximum absolute atomic E-state index is 6.04. The Morgan fingerprint density at radius 3 is 2.23 bits per heavy atom. The standard InChI is InChI=1S/C11H16ClN/c1-7-5-9(12)6-10(8(7)2)11(3,4)13/h5-6H,13H2,1-4H3. The van der Waals surface area contributed by atoms with Crippen molar-refractivity contribution < 1.29 is 0 Å². The van der Waals surface area contributed by atoms with Gasteiger partial charge in [0, 0.05) is 10.6 Å². The van der Waals surface area contributed by atoms with Gasteiger partial charge in [-0.05, 0) is 56.5 Å². The summed E-state index contributed by atoms with van der Waals surface area (Å²) < 4.78 is 0. The lowest BCUT2D eigenvalue weighted by Gasteiger charge is -2.23. The molecule has 2 N–H and O–H groups in total. The third-order valence-corrected chi connectivity index (χ3v) is 2.54. The van der Waals surface area contributed by atoms with Gasteiger partial charge in [0.2, 0.25) is 0 Å². The van der Waals surface area contributed by atoms with Crippen LogP contribution in [0.1, 0.15) is 30.5 Å². The second-order valence-electron chi connectivity index (χ2n) is 4.12. The normalized spacial score (nSPS) is 11.8. The van der Waals surface area contributed by atoms with Gasteiger partial charge in [-0.15, -0.1) is 0 Å². The zero-order chi connectivity index (χ0) is 10.2. The Bertz CT molecular complexity index is 324. The van der Waals surface area contributed by atoms with E-state index in [9.17, 15) is 0 Å². The fraction of sp³-hybridized carbons (Fsp3) is 0.455. The van der Waals surface area contributed by atoms with E-state index in [1.165, 1.54) is 11.1 Å². The summed E-state index contributed by atoms with van der Waals surface area (Å²) in [5.41, 5.74) is 9.27. The third kappa shape index (κ3) is 2.23. The summed E-state index contributed by atoms with van der Waals surface area (Å²) in [5, 5.41) is 0.761. The zero-order valence-corrected chi connectivity index (χ0v) is 9.37. The minimum Gasteiger partial charge on any atom is -0.322 e. The first-order chi connectivity index (χ1) is 5.82. The lowest BCUT2D eigenvalue weighted by Crippen LogP contribution is -2.29. The predicted molar refractivity (Wildman–Crippen MR) is 58.1 cm³/mol. The maximum atomic E-state index is 6.04. The fourth-order valence-electron chi connectivity index (χ4n) is 1.48. The van der Waals surface area contributed by atoms with Gasteiger partial charge in [-0.2, -0.15) is 0 Å². The number of rotatable bonds is 1. The van der Waals surface area contributed by atoms with Crippen LogP contribution in [0.4, 0.5) is 0 Å². The highest BCUT2D eigenvalue weighted by Crippen LogP contribution is 2.27. The van der Waals surface area contributed by atoms with Crippen LogP contribution in [0, 0.1) is 13.8 Å². The van der Waals surface area contributed by atoms with E-state index in [1.54, 1.807) is 0 Å². The molecule has 0 aromatic heterocycles. The fourth-order valence-corrected chi connectivity index (χ4v) is 1.76. The Labute approximate surface area is 84.9 Å². The van der Waals surface area contributed by atoms with Crippen molar-refractivity contribution >= 4 is 11.6 Å². The van der Waals surface area contributed by atoms with Crippen molar-refractivity contribution in [1.82, 2.24) is 0 Å². The molecule has 1 aromatic carbocycles. The predicted octanol–water partition coefficient (Wildman–Crippen LogP) is 3.15. The first-order valence-corrected chi connectivity index (χ1v) is 4.76. The Balaban J connectivity index is 3.37. The van der Waals surface area contributed by atoms with Gasteiger partial charge in [0.05, 0.1) is 0 Å². The van der Waals surface area contributed by atoms with Crippen LogP contribution in [0.25, 0.3) is 0 Å². The van der Waals surface area contributed by atoms with Crippen molar-refractivity contribution in [1.29, 1.82) is 0 Å². The number of halogens is 1. The average molecular weight is 198 g/mol. The molecule has 72 valence electrons. The highest BCUT2D eigenvalue weighted by Gasteiger charge is 2.17. The molecular weight excluding hydrogens is 182 g/mol. The van der Waals surface area contributed by atoms with Gasteiger partial charge in [-0.25, -0.2) is 0 Å². The van der Waals surface area contributed by atoms with E-state index in [0.29, 0.717) is 0 Å². The van der Waals surface area contributed by atoms with Crippen LogP contribution in [-0.2, 0) is 5.54 Å². The van der Waals surface area contributed by atoms with E-state index in [-0.39, 0.29) is 5.54 Å². The van der Waals surface area contributed by atoms with Gasteiger partial charge in [-0.3, -0.25) is 0 Å². The second-order valence-corrected chi connectivity index (χ2v) is 4.55. The van der Waals surface area contributed by atoms with E-state index in [1.807, 2.05) is 26.0 Å². The molecule has 0 bridgehead atoms. The number of benzene rings is 1. The molecule has 0 aliphatic rings. The highest BCUT2D eigenvalue weighted by molar-refractivity contribution is 6.30. The van der Waals surface area contributed by atoms with Crippen LogP contribution in [0.3, 0.4) is 0 Å². The SMILES string of the molecule is Cc1cc(Cl)cc(C(C)(C)N)c1C. The quantitative estimate of drug-likeness (QED) is 0.736. The van der Waals surface area contributed by atoms with E-state index in [2.05, 4.69) is 13.8 Å². The largest absolute Gasteiger partial charge is 0.322 e. The van der Waals surface area contributed by atoms with E-state index in [0.717, 1.165) is 10.6 Å². The summed E-state index contributed by atoms with van der Waals surface area (Å²) in [6.45, 7) is 8.11. The number of aryl methyl sites for hydroxylation is 1. The van der Waals surface area contributed by atoms with Crippen LogP contribution < -0.4 is 5.73 Å². The smallest absolute Gasteiger partial charge is 0.0412 e. The average Bonchev–Trinajstić information content (AvgIpc) is 1.94. The molecule has 0 fully saturated rings. The molecule has 0 aliphatic heterocycles. The second kappa shape index (κ2) is 3.32. The lowest BCUT2D eigenvalue weighted by atomic mass is 9.89. The third-order valence-electron chi connectivity index (χ3n) is 2.33. The topological polar surface area (TPSA) is 26.0 Å². The summed E-state index contributed by atoms with van der Waals surface area (Å²) in [5.74, 6) is 0. The summed E-state index contributed by atoms with van der Waals surface area (Å²) in [7, 11) is 0. The number of nitrogens with two attached hydrogens (primary N) is 1. The Morgan fingerprint density at radius 1 is 1.23 bits per heavy atom. The molecule has 13 heavy (non-hydrogen) atoms. The van der Waals surface area contributed by atoms with Crippen molar-refractivity contribution in [3.63, 3.8) is 0 Å². The summed E-state index contributed by atoms with van der Waals surface area (Å²) in [6.07, 6.45) is 0. The summed E-state index contributed by atoms with van der Waals surface area (Å²) in [6, 6.07) is 3.91. The van der Waals surface area contributed by atoms with Crippen molar-refractivity contribution in [3.8, 4) is 0 Å². The minimum atomic E-state index is -0.320. The van der Waals surface area contributed by atoms with Gasteiger partial charge in [0.1, 0.15) is 0 Å². The van der Waals surface area contributed by atoms with Gasteiger partial charge < -0.3 is 5.73 Å².